The number of amides is 2. The number of halogens is 1. The fraction of sp³-hybridized carbons (Fsp3) is 0.182. The first-order chi connectivity index (χ1) is 14.7. The van der Waals surface area contributed by atoms with E-state index in [1.807, 2.05) is 6.92 Å². The predicted octanol–water partition coefficient (Wildman–Crippen LogP) is 3.09. The van der Waals surface area contributed by atoms with Crippen LogP contribution in [0.2, 0.25) is 0 Å². The molecule has 2 N–H and O–H groups in total. The number of nitrogens with zero attached hydrogens (tertiary/aromatic N) is 2. The first-order valence-corrected chi connectivity index (χ1v) is 8.90. The van der Waals surface area contributed by atoms with Gasteiger partial charge >= 0.3 is 0 Å². The first kappa shape index (κ1) is 17.5. The molecule has 148 valence electrons. The highest BCUT2D eigenvalue weighted by atomic mass is 19.1. The van der Waals surface area contributed by atoms with Crippen molar-refractivity contribution in [1.29, 1.82) is 0 Å². The van der Waals surface area contributed by atoms with E-state index in [-0.39, 0.29) is 29.3 Å². The molecule has 2 amide bonds. The third-order valence-electron chi connectivity index (χ3n) is 4.18. The molecule has 0 saturated heterocycles. The quantitative estimate of drug-likeness (QED) is 0.673. The summed E-state index contributed by atoms with van der Waals surface area (Å²) >= 11 is 0. The maximum absolute atomic E-state index is 13.4. The topological polar surface area (TPSA) is 84.0 Å². The van der Waals surface area contributed by atoms with Crippen LogP contribution < -0.4 is 10.6 Å². The van der Waals surface area contributed by atoms with Crippen LogP contribution in [0, 0.1) is 19.7 Å². The summed E-state index contributed by atoms with van der Waals surface area (Å²) < 4.78 is 29.6. The summed E-state index contributed by atoms with van der Waals surface area (Å²) in [5, 5.41) is 4.93. The molecular weight excluding hydrogens is 371 g/mol. The second kappa shape index (κ2) is 9.05. The van der Waals surface area contributed by atoms with Crippen molar-refractivity contribution in [3.8, 4) is 0 Å². The number of hydrogen-bond donors (Lipinski definition) is 2. The molecule has 1 heterocycles. The zero-order valence-electron chi connectivity index (χ0n) is 18.0. The van der Waals surface area contributed by atoms with Gasteiger partial charge in [0.1, 0.15) is 23.5 Å². The van der Waals surface area contributed by atoms with Gasteiger partial charge in [-0.3, -0.25) is 9.59 Å². The van der Waals surface area contributed by atoms with Gasteiger partial charge in [-0.1, -0.05) is 42.0 Å². The van der Waals surface area contributed by atoms with E-state index in [1.165, 1.54) is 12.1 Å². The van der Waals surface area contributed by atoms with Crippen LogP contribution in [0.25, 0.3) is 0 Å². The Kier molecular flexibility index (Phi) is 5.46. The highest BCUT2D eigenvalue weighted by Crippen LogP contribution is 2.09. The smallest absolute Gasteiger partial charge is 0.270 e. The van der Waals surface area contributed by atoms with E-state index in [1.54, 1.807) is 43.3 Å². The Morgan fingerprint density at radius 3 is 2.21 bits per heavy atom. The Labute approximate surface area is 171 Å². The first-order valence-electron chi connectivity index (χ1n) is 9.90. The molecule has 0 unspecified atom stereocenters. The largest absolute Gasteiger partial charge is 0.347 e. The van der Waals surface area contributed by atoms with E-state index < -0.39 is 18.3 Å². The Morgan fingerprint density at radius 2 is 1.55 bits per heavy atom. The van der Waals surface area contributed by atoms with Crippen molar-refractivity contribution in [2.45, 2.75) is 26.9 Å². The molecule has 0 aliphatic carbocycles. The maximum Gasteiger partial charge on any atom is 0.270 e. The van der Waals surface area contributed by atoms with Crippen LogP contribution in [0.15, 0.2) is 54.9 Å². The molecule has 3 aromatic rings. The van der Waals surface area contributed by atoms with Crippen LogP contribution in [0.3, 0.4) is 0 Å². The van der Waals surface area contributed by atoms with Crippen LogP contribution in [0.1, 0.15) is 46.0 Å². The van der Waals surface area contributed by atoms with Gasteiger partial charge in [-0.25, -0.2) is 14.4 Å². The molecule has 0 bridgehead atoms. The molecular formula is C22H21FN4O2. The average molecular weight is 394 g/mol. The number of aromatic nitrogens is 2. The monoisotopic (exact) mass is 394 g/mol. The summed E-state index contributed by atoms with van der Waals surface area (Å²) in [4.78, 5) is 32.6. The molecule has 0 radical (unpaired) electrons. The zero-order chi connectivity index (χ0) is 22.6. The number of carbonyl (C=O) groups is 2. The van der Waals surface area contributed by atoms with Gasteiger partial charge in [-0.2, -0.15) is 0 Å². The van der Waals surface area contributed by atoms with E-state index in [2.05, 4.69) is 20.6 Å². The number of carbonyl (C=O) groups excluding carboxylic acids is 2. The molecule has 0 atom stereocenters. The molecule has 7 heteroatoms. The lowest BCUT2D eigenvalue weighted by Gasteiger charge is -2.08. The molecule has 6 nitrogen and oxygen atoms in total. The minimum atomic E-state index is -2.13. The summed E-state index contributed by atoms with van der Waals surface area (Å²) in [6, 6.07) is 12.4. The summed E-state index contributed by atoms with van der Waals surface area (Å²) in [5.41, 5.74) is 2.24. The lowest BCUT2D eigenvalue weighted by Crippen LogP contribution is -2.27. The second-order valence-electron chi connectivity index (χ2n) is 6.50. The normalized spacial score (nSPS) is 12.0. The second-order valence-corrected chi connectivity index (χ2v) is 6.50. The van der Waals surface area contributed by atoms with Crippen molar-refractivity contribution in [3.05, 3.63) is 94.3 Å². The molecule has 0 aliphatic rings. The van der Waals surface area contributed by atoms with E-state index in [4.69, 9.17) is 2.74 Å². The van der Waals surface area contributed by atoms with E-state index >= 15 is 0 Å². The predicted molar refractivity (Wildman–Crippen MR) is 107 cm³/mol. The Bertz CT molecular complexity index is 1120. The van der Waals surface area contributed by atoms with Gasteiger partial charge < -0.3 is 10.6 Å². The number of nitrogens with one attached hydrogen (secondary N) is 2. The van der Waals surface area contributed by atoms with Gasteiger partial charge in [0, 0.05) is 19.1 Å². The van der Waals surface area contributed by atoms with Gasteiger partial charge in [0.25, 0.3) is 11.8 Å². The minimum absolute atomic E-state index is 0.0464. The molecule has 0 aliphatic heterocycles. The fourth-order valence-corrected chi connectivity index (χ4v) is 2.53. The summed E-state index contributed by atoms with van der Waals surface area (Å²) in [6.07, 6.45) is 1.06. The van der Waals surface area contributed by atoms with Crippen molar-refractivity contribution in [3.63, 3.8) is 0 Å². The number of aryl methyl sites for hydroxylation is 2. The molecule has 0 saturated carbocycles. The highest BCUT2D eigenvalue weighted by molar-refractivity contribution is 5.97. The highest BCUT2D eigenvalue weighted by Gasteiger charge is 2.13. The summed E-state index contributed by atoms with van der Waals surface area (Å²) in [7, 11) is 0. The number of rotatable bonds is 6. The van der Waals surface area contributed by atoms with Crippen LogP contribution in [-0.4, -0.2) is 21.8 Å². The lowest BCUT2D eigenvalue weighted by molar-refractivity contribution is 0.0944. The van der Waals surface area contributed by atoms with Crippen molar-refractivity contribution < 1.29 is 16.7 Å². The van der Waals surface area contributed by atoms with Crippen LogP contribution in [0.4, 0.5) is 4.39 Å². The molecule has 3 rings (SSSR count). The van der Waals surface area contributed by atoms with E-state index in [0.29, 0.717) is 11.1 Å². The van der Waals surface area contributed by atoms with Crippen LogP contribution >= 0.6 is 0 Å². The standard InChI is InChI=1S/C22H21FN4O2/c1-14-3-5-16(6-4-14)11-24-21(28)19-10-20(27-13-26-19)22(29)25-12-17-7-8-18(23)15(2)9-17/h3-10,13H,11-12H2,1-2H3,(H,24,28)(H,25,29)/i11D2. The number of hydrogen-bond acceptors (Lipinski definition) is 4. The third kappa shape index (κ3) is 5.44. The maximum atomic E-state index is 13.4. The Morgan fingerprint density at radius 1 is 0.931 bits per heavy atom. The average Bonchev–Trinajstić information content (AvgIpc) is 2.74. The summed E-state index contributed by atoms with van der Waals surface area (Å²) in [5.74, 6) is -1.65. The molecule has 2 aromatic carbocycles. The third-order valence-corrected chi connectivity index (χ3v) is 4.18. The lowest BCUT2D eigenvalue weighted by atomic mass is 10.1. The molecule has 29 heavy (non-hydrogen) atoms. The molecule has 0 spiro atoms. The van der Waals surface area contributed by atoms with E-state index in [0.717, 1.165) is 11.9 Å². The van der Waals surface area contributed by atoms with Crippen LogP contribution in [0.5, 0.6) is 0 Å². The van der Waals surface area contributed by atoms with Crippen molar-refractivity contribution >= 4 is 11.8 Å². The van der Waals surface area contributed by atoms with Crippen molar-refractivity contribution in [2.24, 2.45) is 0 Å². The van der Waals surface area contributed by atoms with Gasteiger partial charge in [0.05, 0.1) is 2.74 Å². The Hall–Kier alpha value is -3.61. The van der Waals surface area contributed by atoms with Crippen molar-refractivity contribution in [1.82, 2.24) is 20.6 Å². The van der Waals surface area contributed by atoms with Crippen molar-refractivity contribution in [2.75, 3.05) is 0 Å². The van der Waals surface area contributed by atoms with Gasteiger partial charge in [0.15, 0.2) is 0 Å². The van der Waals surface area contributed by atoms with Gasteiger partial charge in [-0.05, 0) is 36.6 Å². The number of benzene rings is 2. The Balaban J connectivity index is 1.68. The zero-order valence-corrected chi connectivity index (χ0v) is 16.0. The molecule has 1 aromatic heterocycles. The fourth-order valence-electron chi connectivity index (χ4n) is 2.53. The van der Waals surface area contributed by atoms with Gasteiger partial charge in [-0.15, -0.1) is 0 Å². The SMILES string of the molecule is [2H]C([2H])(NC(=O)c1cc(C(=O)NCc2ccc(F)c(C)c2)ncn1)c1ccc(C)cc1. The van der Waals surface area contributed by atoms with Gasteiger partial charge in [0.2, 0.25) is 0 Å². The van der Waals surface area contributed by atoms with E-state index in [9.17, 15) is 14.0 Å². The minimum Gasteiger partial charge on any atom is -0.347 e. The molecule has 0 fully saturated rings. The summed E-state index contributed by atoms with van der Waals surface area (Å²) in [6.45, 7) is 1.54. The van der Waals surface area contributed by atoms with Crippen LogP contribution in [-0.2, 0) is 13.0 Å².